The zero-order valence-electron chi connectivity index (χ0n) is 16.7. The summed E-state index contributed by atoms with van der Waals surface area (Å²) in [6.45, 7) is 0. The first-order valence-electron chi connectivity index (χ1n) is 10.5. The van der Waals surface area contributed by atoms with Gasteiger partial charge in [0.25, 0.3) is 0 Å². The minimum atomic E-state index is -0.763. The number of esters is 1. The first-order valence-corrected chi connectivity index (χ1v) is 11.5. The Morgan fingerprint density at radius 2 is 1.62 bits per heavy atom. The molecule has 0 spiro atoms. The SMILES string of the molecule is O=C1OC(CC2CCCCC2)(c2ccccc2)CC(O)=C1SCc1ccccc1. The molecule has 0 radical (unpaired) electrons. The van der Waals surface area contributed by atoms with E-state index in [0.29, 0.717) is 23.0 Å². The molecule has 0 bridgehead atoms. The number of thioether (sulfide) groups is 1. The fourth-order valence-corrected chi connectivity index (χ4v) is 5.49. The topological polar surface area (TPSA) is 46.5 Å². The minimum Gasteiger partial charge on any atom is -0.511 e. The van der Waals surface area contributed by atoms with E-state index in [4.69, 9.17) is 4.74 Å². The van der Waals surface area contributed by atoms with Crippen molar-refractivity contribution in [3.63, 3.8) is 0 Å². The van der Waals surface area contributed by atoms with Crippen LogP contribution in [-0.4, -0.2) is 11.1 Å². The van der Waals surface area contributed by atoms with Crippen molar-refractivity contribution in [2.75, 3.05) is 0 Å². The van der Waals surface area contributed by atoms with Crippen LogP contribution in [0.2, 0.25) is 0 Å². The van der Waals surface area contributed by atoms with Crippen LogP contribution in [0.5, 0.6) is 0 Å². The molecule has 0 aromatic heterocycles. The van der Waals surface area contributed by atoms with Crippen molar-refractivity contribution in [3.05, 3.63) is 82.5 Å². The van der Waals surface area contributed by atoms with Gasteiger partial charge in [-0.2, -0.15) is 0 Å². The summed E-state index contributed by atoms with van der Waals surface area (Å²) in [5.74, 6) is 0.940. The number of aliphatic hydroxyl groups is 1. The van der Waals surface area contributed by atoms with Crippen molar-refractivity contribution >= 4 is 17.7 Å². The first kappa shape index (κ1) is 20.1. The van der Waals surface area contributed by atoms with Crippen molar-refractivity contribution < 1.29 is 14.6 Å². The molecule has 0 saturated heterocycles. The van der Waals surface area contributed by atoms with Crippen molar-refractivity contribution in [1.29, 1.82) is 0 Å². The molecular formula is C25H28O3S. The third kappa shape index (κ3) is 4.69. The predicted octanol–water partition coefficient (Wildman–Crippen LogP) is 6.50. The lowest BCUT2D eigenvalue weighted by Crippen LogP contribution is -2.39. The molecule has 1 N–H and O–H groups in total. The van der Waals surface area contributed by atoms with E-state index < -0.39 is 11.6 Å². The minimum absolute atomic E-state index is 0.168. The summed E-state index contributed by atoms with van der Waals surface area (Å²) in [7, 11) is 0. The van der Waals surface area contributed by atoms with Gasteiger partial charge in [0.2, 0.25) is 0 Å². The van der Waals surface area contributed by atoms with Gasteiger partial charge in [0.15, 0.2) is 0 Å². The van der Waals surface area contributed by atoms with Gasteiger partial charge in [-0.3, -0.25) is 0 Å². The van der Waals surface area contributed by atoms with E-state index in [-0.39, 0.29) is 5.76 Å². The van der Waals surface area contributed by atoms with E-state index in [1.54, 1.807) is 0 Å². The fourth-order valence-electron chi connectivity index (χ4n) is 4.59. The highest BCUT2D eigenvalue weighted by atomic mass is 32.2. The van der Waals surface area contributed by atoms with Gasteiger partial charge in [-0.05, 0) is 23.5 Å². The molecule has 1 atom stereocenters. The molecule has 29 heavy (non-hydrogen) atoms. The van der Waals surface area contributed by atoms with E-state index in [2.05, 4.69) is 0 Å². The maximum atomic E-state index is 13.0. The van der Waals surface area contributed by atoms with Crippen LogP contribution < -0.4 is 0 Å². The number of benzene rings is 2. The van der Waals surface area contributed by atoms with Crippen LogP contribution in [0.1, 0.15) is 56.1 Å². The standard InChI is InChI=1S/C25H28O3S/c26-22-17-25(21-14-8-3-9-15-21,16-19-10-4-1-5-11-19)28-24(27)23(22)29-18-20-12-6-2-7-13-20/h2-3,6-9,12-15,19,26H,1,4-5,10-11,16-18H2. The number of hydrogen-bond acceptors (Lipinski definition) is 4. The van der Waals surface area contributed by atoms with E-state index >= 15 is 0 Å². The van der Waals surface area contributed by atoms with Crippen molar-refractivity contribution in [2.24, 2.45) is 5.92 Å². The van der Waals surface area contributed by atoms with Crippen molar-refractivity contribution in [1.82, 2.24) is 0 Å². The summed E-state index contributed by atoms with van der Waals surface area (Å²) in [5.41, 5.74) is 1.34. The number of carbonyl (C=O) groups is 1. The normalized spacial score (nSPS) is 23.1. The lowest BCUT2D eigenvalue weighted by atomic mass is 9.75. The lowest BCUT2D eigenvalue weighted by molar-refractivity contribution is -0.162. The molecule has 1 saturated carbocycles. The molecule has 1 unspecified atom stereocenters. The van der Waals surface area contributed by atoms with Crippen LogP contribution in [0.15, 0.2) is 71.3 Å². The maximum absolute atomic E-state index is 13.0. The van der Waals surface area contributed by atoms with Crippen molar-refractivity contribution in [2.45, 2.75) is 56.3 Å². The Morgan fingerprint density at radius 1 is 0.966 bits per heavy atom. The molecular weight excluding hydrogens is 380 g/mol. The summed E-state index contributed by atoms with van der Waals surface area (Å²) in [6.07, 6.45) is 7.26. The van der Waals surface area contributed by atoms with Crippen LogP contribution in [0, 0.1) is 5.92 Å². The molecule has 1 aliphatic carbocycles. The Balaban J connectivity index is 1.58. The highest BCUT2D eigenvalue weighted by Crippen LogP contribution is 2.46. The summed E-state index contributed by atoms with van der Waals surface area (Å²) in [5, 5.41) is 10.9. The second-order valence-corrected chi connectivity index (χ2v) is 9.17. The van der Waals surface area contributed by atoms with E-state index in [9.17, 15) is 9.90 Å². The average molecular weight is 409 g/mol. The van der Waals surface area contributed by atoms with Gasteiger partial charge in [0.05, 0.1) is 6.42 Å². The summed E-state index contributed by atoms with van der Waals surface area (Å²) in [6, 6.07) is 19.9. The first-order chi connectivity index (χ1) is 14.2. The molecule has 1 heterocycles. The van der Waals surface area contributed by atoms with Crippen molar-refractivity contribution in [3.8, 4) is 0 Å². The third-order valence-corrected chi connectivity index (χ3v) is 7.23. The summed E-state index contributed by atoms with van der Waals surface area (Å²) >= 11 is 1.36. The van der Waals surface area contributed by atoms with Gasteiger partial charge in [-0.25, -0.2) is 4.79 Å². The smallest absolute Gasteiger partial charge is 0.348 e. The zero-order chi connectivity index (χ0) is 20.1. The van der Waals surface area contributed by atoms with E-state index in [1.807, 2.05) is 60.7 Å². The van der Waals surface area contributed by atoms with Crippen LogP contribution in [0.3, 0.4) is 0 Å². The van der Waals surface area contributed by atoms with Gasteiger partial charge in [-0.1, -0.05) is 92.8 Å². The molecule has 3 nitrogen and oxygen atoms in total. The molecule has 152 valence electrons. The largest absolute Gasteiger partial charge is 0.511 e. The molecule has 4 rings (SSSR count). The molecule has 0 amide bonds. The molecule has 1 aliphatic heterocycles. The van der Waals surface area contributed by atoms with E-state index in [1.165, 1.54) is 43.9 Å². The second-order valence-electron chi connectivity index (χ2n) is 8.18. The Morgan fingerprint density at radius 3 is 2.28 bits per heavy atom. The summed E-state index contributed by atoms with van der Waals surface area (Å²) in [4.78, 5) is 13.3. The molecule has 4 heteroatoms. The second kappa shape index (κ2) is 9.08. The lowest BCUT2D eigenvalue weighted by Gasteiger charge is -2.40. The zero-order valence-corrected chi connectivity index (χ0v) is 17.5. The Kier molecular flexibility index (Phi) is 6.29. The van der Waals surface area contributed by atoms with Gasteiger partial charge in [0, 0.05) is 5.75 Å². The number of ether oxygens (including phenoxy) is 1. The van der Waals surface area contributed by atoms with Crippen LogP contribution in [0.25, 0.3) is 0 Å². The Bertz CT molecular complexity index is 856. The molecule has 2 aromatic rings. The molecule has 1 fully saturated rings. The van der Waals surface area contributed by atoms with Crippen LogP contribution in [0.4, 0.5) is 0 Å². The molecule has 2 aromatic carbocycles. The number of hydrogen-bond donors (Lipinski definition) is 1. The van der Waals surface area contributed by atoms with Gasteiger partial charge >= 0.3 is 5.97 Å². The maximum Gasteiger partial charge on any atom is 0.348 e. The number of aliphatic hydroxyl groups excluding tert-OH is 1. The third-order valence-electron chi connectivity index (χ3n) is 6.06. The molecule has 2 aliphatic rings. The quantitative estimate of drug-likeness (QED) is 0.554. The van der Waals surface area contributed by atoms with Crippen LogP contribution in [-0.2, 0) is 20.9 Å². The summed E-state index contributed by atoms with van der Waals surface area (Å²) < 4.78 is 6.16. The van der Waals surface area contributed by atoms with Gasteiger partial charge < -0.3 is 9.84 Å². The number of cyclic esters (lactones) is 1. The fraction of sp³-hybridized carbons (Fsp3) is 0.400. The highest BCUT2D eigenvalue weighted by Gasteiger charge is 2.45. The Hall–Kier alpha value is -2.20. The monoisotopic (exact) mass is 408 g/mol. The van der Waals surface area contributed by atoms with E-state index in [0.717, 1.165) is 17.5 Å². The predicted molar refractivity (Wildman–Crippen MR) is 117 cm³/mol. The van der Waals surface area contributed by atoms with Crippen LogP contribution >= 0.6 is 11.8 Å². The number of carbonyl (C=O) groups excluding carboxylic acids is 1. The van der Waals surface area contributed by atoms with Gasteiger partial charge in [0.1, 0.15) is 16.3 Å². The average Bonchev–Trinajstić information content (AvgIpc) is 2.75. The Labute approximate surface area is 177 Å². The highest BCUT2D eigenvalue weighted by molar-refractivity contribution is 8.03. The number of rotatable bonds is 6. The van der Waals surface area contributed by atoms with Gasteiger partial charge in [-0.15, -0.1) is 11.8 Å².